The molecule has 0 bridgehead atoms. The van der Waals surface area contributed by atoms with Gasteiger partial charge in [-0.2, -0.15) is 0 Å². The van der Waals surface area contributed by atoms with Crippen LogP contribution in [-0.2, 0) is 11.2 Å². The van der Waals surface area contributed by atoms with Crippen molar-refractivity contribution in [3.63, 3.8) is 0 Å². The van der Waals surface area contributed by atoms with E-state index in [0.717, 1.165) is 16.9 Å². The number of hydrogen-bond donors (Lipinski definition) is 2. The van der Waals surface area contributed by atoms with Crippen LogP contribution in [0.2, 0.25) is 0 Å². The minimum Gasteiger partial charge on any atom is -0.399 e. The summed E-state index contributed by atoms with van der Waals surface area (Å²) in [6.07, 6.45) is 6.31. The molecule has 3 nitrogen and oxygen atoms in total. The van der Waals surface area contributed by atoms with E-state index in [2.05, 4.69) is 11.4 Å². The molecule has 1 fully saturated rings. The number of nitrogens with one attached hydrogen (secondary N) is 1. The normalized spacial score (nSPS) is 14.1. The molecule has 1 aliphatic rings. The lowest BCUT2D eigenvalue weighted by Crippen LogP contribution is -2.13. The maximum absolute atomic E-state index is 12.3. The number of nitrogens with two attached hydrogens (primary N) is 1. The number of para-hydroxylation sites is 2. The maximum Gasteiger partial charge on any atom is 0.224 e. The fourth-order valence-electron chi connectivity index (χ4n) is 3.08. The summed E-state index contributed by atoms with van der Waals surface area (Å²) >= 11 is 1.90. The number of nitrogen functional groups attached to an aromatic ring is 1. The summed E-state index contributed by atoms with van der Waals surface area (Å²) in [4.78, 5) is 13.5. The molecule has 0 aromatic heterocycles. The van der Waals surface area contributed by atoms with Gasteiger partial charge in [-0.05, 0) is 43.0 Å². The van der Waals surface area contributed by atoms with Gasteiger partial charge in [0.05, 0.1) is 5.69 Å². The summed E-state index contributed by atoms with van der Waals surface area (Å²) in [7, 11) is 0. The fraction of sp³-hybridized carbons (Fsp3) is 0.350. The topological polar surface area (TPSA) is 55.1 Å². The van der Waals surface area contributed by atoms with Crippen LogP contribution >= 0.6 is 24.2 Å². The minimum absolute atomic E-state index is 0. The molecular formula is C20H25ClN2OS. The molecule has 3 rings (SSSR count). The molecule has 134 valence electrons. The Balaban J connectivity index is 0.00000225. The third-order valence-electron chi connectivity index (χ3n) is 4.43. The predicted octanol–water partition coefficient (Wildman–Crippen LogP) is 5.30. The van der Waals surface area contributed by atoms with Crippen LogP contribution < -0.4 is 11.1 Å². The van der Waals surface area contributed by atoms with E-state index in [4.69, 9.17) is 5.73 Å². The zero-order valence-electron chi connectivity index (χ0n) is 14.2. The molecule has 1 saturated carbocycles. The molecule has 25 heavy (non-hydrogen) atoms. The highest BCUT2D eigenvalue weighted by molar-refractivity contribution is 8.00. The van der Waals surface area contributed by atoms with Gasteiger partial charge >= 0.3 is 0 Å². The van der Waals surface area contributed by atoms with E-state index in [0.29, 0.717) is 18.1 Å². The minimum atomic E-state index is 0. The molecule has 0 radical (unpaired) electrons. The molecule has 0 heterocycles. The Morgan fingerprint density at radius 3 is 2.52 bits per heavy atom. The number of aryl methyl sites for hydroxylation is 1. The Bertz CT molecular complexity index is 702. The van der Waals surface area contributed by atoms with Crippen molar-refractivity contribution in [2.24, 2.45) is 0 Å². The third kappa shape index (κ3) is 5.68. The van der Waals surface area contributed by atoms with Crippen molar-refractivity contribution in [1.29, 1.82) is 0 Å². The van der Waals surface area contributed by atoms with Crippen LogP contribution in [0.3, 0.4) is 0 Å². The van der Waals surface area contributed by atoms with Crippen LogP contribution in [0.1, 0.15) is 37.7 Å². The third-order valence-corrected chi connectivity index (χ3v) is 5.85. The number of anilines is 2. The fourth-order valence-corrected chi connectivity index (χ4v) is 4.41. The number of halogens is 1. The lowest BCUT2D eigenvalue weighted by atomic mass is 10.1. The summed E-state index contributed by atoms with van der Waals surface area (Å²) in [6.45, 7) is 0. The summed E-state index contributed by atoms with van der Waals surface area (Å²) < 4.78 is 0. The molecule has 3 N–H and O–H groups in total. The van der Waals surface area contributed by atoms with Crippen LogP contribution in [0.4, 0.5) is 11.4 Å². The molecule has 0 unspecified atom stereocenters. The van der Waals surface area contributed by atoms with Gasteiger partial charge in [-0.1, -0.05) is 43.2 Å². The number of carbonyl (C=O) groups is 1. The number of hydrogen-bond acceptors (Lipinski definition) is 3. The highest BCUT2D eigenvalue weighted by atomic mass is 35.5. The molecule has 1 amide bonds. The Hall–Kier alpha value is -1.65. The average Bonchev–Trinajstić information content (AvgIpc) is 3.09. The first kappa shape index (κ1) is 19.7. The molecule has 0 aliphatic heterocycles. The van der Waals surface area contributed by atoms with Gasteiger partial charge in [0.2, 0.25) is 5.91 Å². The number of thioether (sulfide) groups is 1. The highest BCUT2D eigenvalue weighted by Gasteiger charge is 2.18. The largest absolute Gasteiger partial charge is 0.399 e. The second-order valence-corrected chi connectivity index (χ2v) is 7.61. The first-order valence-electron chi connectivity index (χ1n) is 8.61. The van der Waals surface area contributed by atoms with Crippen molar-refractivity contribution < 1.29 is 4.79 Å². The van der Waals surface area contributed by atoms with E-state index < -0.39 is 0 Å². The van der Waals surface area contributed by atoms with Gasteiger partial charge in [-0.25, -0.2) is 0 Å². The van der Waals surface area contributed by atoms with Crippen LogP contribution in [0.5, 0.6) is 0 Å². The molecule has 0 saturated heterocycles. The second-order valence-electron chi connectivity index (χ2n) is 6.27. The van der Waals surface area contributed by atoms with Crippen LogP contribution in [-0.4, -0.2) is 11.2 Å². The van der Waals surface area contributed by atoms with Crippen molar-refractivity contribution in [3.8, 4) is 0 Å². The molecular weight excluding hydrogens is 352 g/mol. The van der Waals surface area contributed by atoms with Crippen LogP contribution in [0.25, 0.3) is 0 Å². The van der Waals surface area contributed by atoms with Gasteiger partial charge in [-0.3, -0.25) is 4.79 Å². The quantitative estimate of drug-likeness (QED) is 0.673. The van der Waals surface area contributed by atoms with Crippen molar-refractivity contribution >= 4 is 41.5 Å². The second kappa shape index (κ2) is 9.73. The predicted molar refractivity (Wildman–Crippen MR) is 110 cm³/mol. The molecule has 2 aromatic carbocycles. The Morgan fingerprint density at radius 2 is 1.76 bits per heavy atom. The highest BCUT2D eigenvalue weighted by Crippen LogP contribution is 2.38. The van der Waals surface area contributed by atoms with Crippen molar-refractivity contribution in [2.45, 2.75) is 48.7 Å². The molecule has 0 spiro atoms. The summed E-state index contributed by atoms with van der Waals surface area (Å²) in [5.41, 5.74) is 8.65. The van der Waals surface area contributed by atoms with Gasteiger partial charge in [-0.15, -0.1) is 24.2 Å². The van der Waals surface area contributed by atoms with E-state index in [1.807, 2.05) is 54.2 Å². The number of rotatable bonds is 6. The Morgan fingerprint density at radius 1 is 1.08 bits per heavy atom. The average molecular weight is 377 g/mol. The maximum atomic E-state index is 12.3. The SMILES string of the molecule is Cl.Nc1ccccc1CCC(=O)Nc1ccccc1SC1CCCC1. The smallest absolute Gasteiger partial charge is 0.224 e. The van der Waals surface area contributed by atoms with E-state index in [-0.39, 0.29) is 18.3 Å². The van der Waals surface area contributed by atoms with E-state index >= 15 is 0 Å². The van der Waals surface area contributed by atoms with Gasteiger partial charge < -0.3 is 11.1 Å². The monoisotopic (exact) mass is 376 g/mol. The van der Waals surface area contributed by atoms with Crippen LogP contribution in [0, 0.1) is 0 Å². The molecule has 0 atom stereocenters. The summed E-state index contributed by atoms with van der Waals surface area (Å²) in [5, 5.41) is 3.76. The lowest BCUT2D eigenvalue weighted by Gasteiger charge is -2.14. The standard InChI is InChI=1S/C20H24N2OS.ClH/c21-17-10-4-1-7-15(17)13-14-20(23)22-18-11-5-6-12-19(18)24-16-8-2-3-9-16;/h1,4-7,10-12,16H,2-3,8-9,13-14,21H2,(H,22,23);1H. The Labute approximate surface area is 160 Å². The summed E-state index contributed by atoms with van der Waals surface area (Å²) in [6, 6.07) is 15.8. The zero-order chi connectivity index (χ0) is 16.8. The van der Waals surface area contributed by atoms with Crippen molar-refractivity contribution in [3.05, 3.63) is 54.1 Å². The zero-order valence-corrected chi connectivity index (χ0v) is 15.9. The van der Waals surface area contributed by atoms with Crippen LogP contribution in [0.15, 0.2) is 53.4 Å². The van der Waals surface area contributed by atoms with E-state index in [1.165, 1.54) is 30.6 Å². The van der Waals surface area contributed by atoms with E-state index in [1.54, 1.807) is 0 Å². The van der Waals surface area contributed by atoms with Gasteiger partial charge in [0, 0.05) is 22.3 Å². The first-order chi connectivity index (χ1) is 11.7. The molecule has 1 aliphatic carbocycles. The first-order valence-corrected chi connectivity index (χ1v) is 9.49. The van der Waals surface area contributed by atoms with Crippen molar-refractivity contribution in [1.82, 2.24) is 0 Å². The molecule has 5 heteroatoms. The molecule has 2 aromatic rings. The Kier molecular flexibility index (Phi) is 7.66. The van der Waals surface area contributed by atoms with E-state index in [9.17, 15) is 4.79 Å². The lowest BCUT2D eigenvalue weighted by molar-refractivity contribution is -0.116. The number of carbonyl (C=O) groups excluding carboxylic acids is 1. The summed E-state index contributed by atoms with van der Waals surface area (Å²) in [5.74, 6) is 0.0396. The number of benzene rings is 2. The van der Waals surface area contributed by atoms with Gasteiger partial charge in [0.15, 0.2) is 0 Å². The number of amides is 1. The van der Waals surface area contributed by atoms with Crippen molar-refractivity contribution in [2.75, 3.05) is 11.1 Å². The van der Waals surface area contributed by atoms with Gasteiger partial charge in [0.25, 0.3) is 0 Å². The van der Waals surface area contributed by atoms with Gasteiger partial charge in [0.1, 0.15) is 0 Å².